The van der Waals surface area contributed by atoms with Crippen molar-refractivity contribution in [3.63, 3.8) is 0 Å². The lowest BCUT2D eigenvalue weighted by Gasteiger charge is -2.14. The Bertz CT molecular complexity index is 122. The normalized spacial score (nSPS) is 45.0. The highest BCUT2D eigenvalue weighted by Gasteiger charge is 2.30. The Balaban J connectivity index is 1.96. The van der Waals surface area contributed by atoms with Gasteiger partial charge in [0.15, 0.2) is 0 Å². The Labute approximate surface area is 68.7 Å². The molecular weight excluding hydrogens is 136 g/mol. The van der Waals surface area contributed by atoms with Crippen LogP contribution in [0.3, 0.4) is 0 Å². The molecule has 0 aromatic heterocycles. The quantitative estimate of drug-likeness (QED) is 0.548. The van der Waals surface area contributed by atoms with Crippen LogP contribution in [-0.2, 0) is 0 Å². The lowest BCUT2D eigenvalue weighted by Crippen LogP contribution is -2.31. The highest BCUT2D eigenvalue weighted by Crippen LogP contribution is 2.21. The molecule has 2 fully saturated rings. The largest absolute Gasteiger partial charge is 0.298 e. The molecule has 0 radical (unpaired) electrons. The highest BCUT2D eigenvalue weighted by molar-refractivity contribution is 4.92. The Hall–Kier alpha value is -0.0800. The molecule has 0 amide bonds. The Morgan fingerprint density at radius 1 is 0.909 bits per heavy atom. The van der Waals surface area contributed by atoms with E-state index in [0.29, 0.717) is 6.17 Å². The first-order chi connectivity index (χ1) is 5.36. The molecule has 1 aliphatic carbocycles. The summed E-state index contributed by atoms with van der Waals surface area (Å²) < 4.78 is 0. The molecule has 0 aromatic rings. The SMILES string of the molecule is CC1NC2CCCCCC2N1. The van der Waals surface area contributed by atoms with Crippen molar-refractivity contribution in [3.8, 4) is 0 Å². The summed E-state index contributed by atoms with van der Waals surface area (Å²) in [6, 6.07) is 1.54. The van der Waals surface area contributed by atoms with Crippen molar-refractivity contribution in [2.45, 2.75) is 57.3 Å². The maximum absolute atomic E-state index is 3.58. The van der Waals surface area contributed by atoms with E-state index in [2.05, 4.69) is 17.6 Å². The van der Waals surface area contributed by atoms with E-state index in [1.165, 1.54) is 32.1 Å². The predicted octanol–water partition coefficient (Wildman–Crippen LogP) is 1.23. The summed E-state index contributed by atoms with van der Waals surface area (Å²) in [6.45, 7) is 2.22. The summed E-state index contributed by atoms with van der Waals surface area (Å²) in [5, 5.41) is 7.17. The molecule has 2 heteroatoms. The van der Waals surface area contributed by atoms with E-state index in [4.69, 9.17) is 0 Å². The van der Waals surface area contributed by atoms with E-state index >= 15 is 0 Å². The summed E-state index contributed by atoms with van der Waals surface area (Å²) in [4.78, 5) is 0. The number of rotatable bonds is 0. The lowest BCUT2D eigenvalue weighted by atomic mass is 10.1. The van der Waals surface area contributed by atoms with Gasteiger partial charge in [-0.1, -0.05) is 19.3 Å². The van der Waals surface area contributed by atoms with Gasteiger partial charge < -0.3 is 0 Å². The van der Waals surface area contributed by atoms with Gasteiger partial charge in [-0.3, -0.25) is 10.6 Å². The van der Waals surface area contributed by atoms with Crippen LogP contribution in [0.15, 0.2) is 0 Å². The first kappa shape index (κ1) is 7.56. The van der Waals surface area contributed by atoms with E-state index in [1.807, 2.05) is 0 Å². The molecule has 2 unspecified atom stereocenters. The predicted molar refractivity (Wildman–Crippen MR) is 46.4 cm³/mol. The summed E-state index contributed by atoms with van der Waals surface area (Å²) in [7, 11) is 0. The Morgan fingerprint density at radius 3 is 2.00 bits per heavy atom. The highest BCUT2D eigenvalue weighted by atomic mass is 15.2. The Morgan fingerprint density at radius 2 is 1.45 bits per heavy atom. The average Bonchev–Trinajstić information content (AvgIpc) is 2.17. The van der Waals surface area contributed by atoms with Gasteiger partial charge in [0, 0.05) is 12.1 Å². The molecule has 0 bridgehead atoms. The monoisotopic (exact) mass is 154 g/mol. The van der Waals surface area contributed by atoms with Gasteiger partial charge in [-0.25, -0.2) is 0 Å². The minimum Gasteiger partial charge on any atom is -0.298 e. The van der Waals surface area contributed by atoms with Crippen LogP contribution < -0.4 is 10.6 Å². The van der Waals surface area contributed by atoms with E-state index in [0.717, 1.165) is 12.1 Å². The lowest BCUT2D eigenvalue weighted by molar-refractivity contribution is 0.484. The van der Waals surface area contributed by atoms with E-state index in [9.17, 15) is 0 Å². The van der Waals surface area contributed by atoms with Gasteiger partial charge in [0.25, 0.3) is 0 Å². The molecule has 2 atom stereocenters. The second-order valence-electron chi connectivity index (χ2n) is 3.91. The van der Waals surface area contributed by atoms with Gasteiger partial charge in [0.05, 0.1) is 6.17 Å². The fraction of sp³-hybridized carbons (Fsp3) is 1.00. The molecule has 2 rings (SSSR count). The molecule has 1 saturated carbocycles. The van der Waals surface area contributed by atoms with Crippen molar-refractivity contribution in [3.05, 3.63) is 0 Å². The molecule has 0 spiro atoms. The van der Waals surface area contributed by atoms with Gasteiger partial charge in [0.1, 0.15) is 0 Å². The van der Waals surface area contributed by atoms with Crippen LogP contribution in [0.25, 0.3) is 0 Å². The molecule has 1 aliphatic heterocycles. The van der Waals surface area contributed by atoms with Gasteiger partial charge in [0.2, 0.25) is 0 Å². The second-order valence-corrected chi connectivity index (χ2v) is 3.91. The van der Waals surface area contributed by atoms with Gasteiger partial charge >= 0.3 is 0 Å². The molecule has 11 heavy (non-hydrogen) atoms. The third-order valence-corrected chi connectivity index (χ3v) is 2.94. The van der Waals surface area contributed by atoms with Crippen molar-refractivity contribution in [1.29, 1.82) is 0 Å². The molecule has 0 aromatic carbocycles. The summed E-state index contributed by atoms with van der Waals surface area (Å²) in [5.41, 5.74) is 0. The molecule has 2 aliphatic rings. The van der Waals surface area contributed by atoms with Crippen LogP contribution in [0.1, 0.15) is 39.0 Å². The minimum atomic E-state index is 0.545. The number of hydrogen-bond donors (Lipinski definition) is 2. The van der Waals surface area contributed by atoms with Crippen LogP contribution in [0.2, 0.25) is 0 Å². The zero-order valence-electron chi connectivity index (χ0n) is 7.27. The van der Waals surface area contributed by atoms with Gasteiger partial charge in [-0.2, -0.15) is 0 Å². The van der Waals surface area contributed by atoms with Crippen molar-refractivity contribution in [1.82, 2.24) is 10.6 Å². The smallest absolute Gasteiger partial charge is 0.0547 e. The average molecular weight is 154 g/mol. The fourth-order valence-corrected chi connectivity index (χ4v) is 2.40. The molecule has 1 saturated heterocycles. The van der Waals surface area contributed by atoms with Gasteiger partial charge in [-0.05, 0) is 19.8 Å². The molecule has 1 heterocycles. The van der Waals surface area contributed by atoms with Crippen LogP contribution >= 0.6 is 0 Å². The van der Waals surface area contributed by atoms with E-state index in [1.54, 1.807) is 0 Å². The maximum atomic E-state index is 3.58. The summed E-state index contributed by atoms with van der Waals surface area (Å²) in [6.07, 6.45) is 7.57. The number of fused-ring (bicyclic) bond motifs is 1. The van der Waals surface area contributed by atoms with Gasteiger partial charge in [-0.15, -0.1) is 0 Å². The zero-order valence-corrected chi connectivity index (χ0v) is 7.27. The number of nitrogens with one attached hydrogen (secondary N) is 2. The van der Waals surface area contributed by atoms with Crippen molar-refractivity contribution >= 4 is 0 Å². The van der Waals surface area contributed by atoms with E-state index in [-0.39, 0.29) is 0 Å². The van der Waals surface area contributed by atoms with Crippen LogP contribution in [0.4, 0.5) is 0 Å². The molecule has 64 valence electrons. The zero-order chi connectivity index (χ0) is 7.68. The first-order valence-corrected chi connectivity index (χ1v) is 4.88. The van der Waals surface area contributed by atoms with Crippen LogP contribution in [-0.4, -0.2) is 18.2 Å². The molecule has 2 nitrogen and oxygen atoms in total. The van der Waals surface area contributed by atoms with Crippen molar-refractivity contribution in [2.75, 3.05) is 0 Å². The minimum absolute atomic E-state index is 0.545. The molecular formula is C9H18N2. The standard InChI is InChI=1S/C9H18N2/c1-7-10-8-5-3-2-4-6-9(8)11-7/h7-11H,2-6H2,1H3. The third-order valence-electron chi connectivity index (χ3n) is 2.94. The number of hydrogen-bond acceptors (Lipinski definition) is 2. The summed E-state index contributed by atoms with van der Waals surface area (Å²) in [5.74, 6) is 0. The molecule has 2 N–H and O–H groups in total. The second kappa shape index (κ2) is 3.11. The first-order valence-electron chi connectivity index (χ1n) is 4.88. The summed E-state index contributed by atoms with van der Waals surface area (Å²) >= 11 is 0. The van der Waals surface area contributed by atoms with Crippen molar-refractivity contribution < 1.29 is 0 Å². The van der Waals surface area contributed by atoms with E-state index < -0.39 is 0 Å². The fourth-order valence-electron chi connectivity index (χ4n) is 2.40. The van der Waals surface area contributed by atoms with Crippen LogP contribution in [0.5, 0.6) is 0 Å². The maximum Gasteiger partial charge on any atom is 0.0547 e. The Kier molecular flexibility index (Phi) is 2.14. The topological polar surface area (TPSA) is 24.1 Å². The van der Waals surface area contributed by atoms with Crippen molar-refractivity contribution in [2.24, 2.45) is 0 Å². The van der Waals surface area contributed by atoms with Crippen LogP contribution in [0, 0.1) is 0 Å². The third kappa shape index (κ3) is 1.57.